The number of Topliss-reactive ketones (excluding diaryl/α,β-unsaturated/α-hetero) is 2. The summed E-state index contributed by atoms with van der Waals surface area (Å²) in [5.74, 6) is -7.69. The van der Waals surface area contributed by atoms with E-state index in [1.165, 1.54) is 11.0 Å². The standard InChI is InChI=1S/C28H30N4O8S.2ClH/c1-32(2)21-15-9-13-8-12-5-6-16(31-17(33)11-30-10-14-4-3-7-41-14)22(34)18(12)23(35)19(13)25(37)28(15,40)26(38)20(24(21)36)27(29)39;;/h3-7,13,15,21,30,34,36-37,40H,8-11H2,1-2H3,(H2,29,39)(H,31,33);2*1H/t13?,15?,21-,28-;;/m0../s1. The minimum Gasteiger partial charge on any atom is -0.510 e. The van der Waals surface area contributed by atoms with Crippen molar-refractivity contribution >= 4 is 65.2 Å². The summed E-state index contributed by atoms with van der Waals surface area (Å²) in [6.45, 7) is 0.429. The number of phenolic OH excluding ortho intramolecular Hbond substituents is 1. The highest BCUT2D eigenvalue weighted by Crippen LogP contribution is 2.52. The molecule has 1 aromatic carbocycles. The van der Waals surface area contributed by atoms with E-state index >= 15 is 0 Å². The molecule has 2 unspecified atom stereocenters. The Balaban J connectivity index is 0.00000253. The van der Waals surface area contributed by atoms with Crippen LogP contribution in [0.4, 0.5) is 5.69 Å². The largest absolute Gasteiger partial charge is 0.510 e. The van der Waals surface area contributed by atoms with Gasteiger partial charge in [0, 0.05) is 22.9 Å². The molecule has 0 fully saturated rings. The highest BCUT2D eigenvalue weighted by Gasteiger charge is 2.63. The number of anilines is 1. The van der Waals surface area contributed by atoms with Gasteiger partial charge in [-0.15, -0.1) is 36.2 Å². The van der Waals surface area contributed by atoms with Gasteiger partial charge in [-0.1, -0.05) is 12.1 Å². The third kappa shape index (κ3) is 5.52. The number of aliphatic hydroxyl groups excluding tert-OH is 2. The lowest BCUT2D eigenvalue weighted by molar-refractivity contribution is -0.148. The van der Waals surface area contributed by atoms with Crippen LogP contribution >= 0.6 is 36.2 Å². The van der Waals surface area contributed by atoms with Gasteiger partial charge in [0.25, 0.3) is 5.91 Å². The summed E-state index contributed by atoms with van der Waals surface area (Å²) in [5, 5.41) is 52.3. The smallest absolute Gasteiger partial charge is 0.255 e. The number of allylic oxidation sites excluding steroid dienone is 1. The molecule has 4 atom stereocenters. The Hall–Kier alpha value is -3.46. The van der Waals surface area contributed by atoms with E-state index in [-0.39, 0.29) is 61.0 Å². The van der Waals surface area contributed by atoms with Crippen molar-refractivity contribution in [3.8, 4) is 5.75 Å². The molecule has 2 amide bonds. The highest BCUT2D eigenvalue weighted by molar-refractivity contribution is 7.09. The number of amides is 2. The number of likely N-dealkylation sites (N-methyl/N-ethyl adjacent to an activating group) is 1. The SMILES string of the molecule is CN(C)[C@@H]1C(O)=C(C(N)=O)C(=O)[C@@]2(O)C(O)=C3C(=O)c4c(ccc(NC(=O)CNCc5cccs5)c4O)CC3CC12.Cl.Cl. The first kappa shape index (κ1) is 34.0. The summed E-state index contributed by atoms with van der Waals surface area (Å²) in [6.07, 6.45) is 0.166. The Morgan fingerprint density at radius 2 is 1.84 bits per heavy atom. The van der Waals surface area contributed by atoms with Crippen LogP contribution in [0, 0.1) is 11.8 Å². The van der Waals surface area contributed by atoms with Gasteiger partial charge in [0.2, 0.25) is 11.7 Å². The Kier molecular flexibility index (Phi) is 10.0. The average Bonchev–Trinajstić information content (AvgIpc) is 3.41. The molecule has 1 aromatic heterocycles. The maximum Gasteiger partial charge on any atom is 0.255 e. The normalized spacial score (nSPS) is 24.4. The molecule has 8 N–H and O–H groups in total. The lowest BCUT2D eigenvalue weighted by atomic mass is 9.58. The first-order valence-electron chi connectivity index (χ1n) is 12.9. The van der Waals surface area contributed by atoms with Gasteiger partial charge in [0.15, 0.2) is 17.1 Å². The molecule has 0 saturated carbocycles. The molecule has 0 spiro atoms. The monoisotopic (exact) mass is 654 g/mol. The average molecular weight is 656 g/mol. The Bertz CT molecular complexity index is 1540. The summed E-state index contributed by atoms with van der Waals surface area (Å²) in [7, 11) is 3.14. The van der Waals surface area contributed by atoms with Crippen LogP contribution in [0.1, 0.15) is 27.2 Å². The molecule has 15 heteroatoms. The third-order valence-corrected chi connectivity index (χ3v) is 8.91. The molecular weight excluding hydrogens is 623 g/mol. The van der Waals surface area contributed by atoms with Crippen LogP contribution in [-0.2, 0) is 27.3 Å². The zero-order valence-electron chi connectivity index (χ0n) is 23.1. The van der Waals surface area contributed by atoms with E-state index in [1.807, 2.05) is 17.5 Å². The van der Waals surface area contributed by atoms with Crippen LogP contribution in [0.3, 0.4) is 0 Å². The van der Waals surface area contributed by atoms with Crippen molar-refractivity contribution in [1.82, 2.24) is 10.2 Å². The number of benzene rings is 1. The number of halogens is 2. The number of carbonyl (C=O) groups is 4. The minimum atomic E-state index is -2.71. The molecule has 1 heterocycles. The molecular formula is C28H32Cl2N4O8S. The summed E-state index contributed by atoms with van der Waals surface area (Å²) in [5.41, 5.74) is 1.78. The second kappa shape index (κ2) is 12.6. The van der Waals surface area contributed by atoms with Gasteiger partial charge in [-0.3, -0.25) is 24.1 Å². The summed E-state index contributed by atoms with van der Waals surface area (Å²) < 4.78 is 0. The number of hydrogen-bond donors (Lipinski definition) is 7. The Morgan fingerprint density at radius 1 is 1.14 bits per heavy atom. The van der Waals surface area contributed by atoms with Gasteiger partial charge in [-0.2, -0.15) is 0 Å². The van der Waals surface area contributed by atoms with Crippen LogP contribution in [0.15, 0.2) is 52.3 Å². The number of ketones is 2. The lowest BCUT2D eigenvalue weighted by Crippen LogP contribution is -2.63. The second-order valence-electron chi connectivity index (χ2n) is 10.7. The highest BCUT2D eigenvalue weighted by atomic mass is 35.5. The number of aromatic hydroxyl groups is 1. The Morgan fingerprint density at radius 3 is 2.44 bits per heavy atom. The third-order valence-electron chi connectivity index (χ3n) is 8.03. The van der Waals surface area contributed by atoms with E-state index in [0.717, 1.165) is 4.88 Å². The number of rotatable bonds is 7. The second-order valence-corrected chi connectivity index (χ2v) is 11.7. The van der Waals surface area contributed by atoms with Crippen molar-refractivity contribution in [3.63, 3.8) is 0 Å². The van der Waals surface area contributed by atoms with Gasteiger partial charge in [-0.05, 0) is 55.9 Å². The number of primary amides is 1. The predicted molar refractivity (Wildman–Crippen MR) is 163 cm³/mol. The minimum absolute atomic E-state index is 0. The number of nitrogens with two attached hydrogens (primary N) is 1. The van der Waals surface area contributed by atoms with E-state index in [2.05, 4.69) is 10.6 Å². The van der Waals surface area contributed by atoms with E-state index in [9.17, 15) is 39.6 Å². The Labute approximate surface area is 263 Å². The van der Waals surface area contributed by atoms with Gasteiger partial charge < -0.3 is 36.8 Å². The molecule has 5 rings (SSSR count). The van der Waals surface area contributed by atoms with Crippen molar-refractivity contribution in [2.75, 3.05) is 26.0 Å². The van der Waals surface area contributed by atoms with Crippen molar-refractivity contribution in [1.29, 1.82) is 0 Å². The molecule has 0 bridgehead atoms. The molecule has 0 aliphatic heterocycles. The number of thiophene rings is 1. The quantitative estimate of drug-likeness (QED) is 0.170. The van der Waals surface area contributed by atoms with Gasteiger partial charge in [0.05, 0.1) is 23.8 Å². The number of nitrogens with zero attached hydrogens (tertiary/aromatic N) is 1. The summed E-state index contributed by atoms with van der Waals surface area (Å²) in [4.78, 5) is 54.2. The number of nitrogens with one attached hydrogen (secondary N) is 2. The summed E-state index contributed by atoms with van der Waals surface area (Å²) in [6, 6.07) is 5.84. The molecule has 232 valence electrons. The number of phenols is 1. The number of aliphatic hydroxyl groups is 3. The van der Waals surface area contributed by atoms with E-state index in [1.54, 1.807) is 31.5 Å². The molecule has 12 nitrogen and oxygen atoms in total. The molecule has 3 aliphatic rings. The zero-order chi connectivity index (χ0) is 29.8. The first-order valence-corrected chi connectivity index (χ1v) is 13.8. The molecule has 0 radical (unpaired) electrons. The van der Waals surface area contributed by atoms with Crippen LogP contribution in [-0.4, -0.2) is 81.0 Å². The van der Waals surface area contributed by atoms with Crippen molar-refractivity contribution in [3.05, 3.63) is 68.3 Å². The number of hydrogen-bond acceptors (Lipinski definition) is 11. The topological polar surface area (TPSA) is 203 Å². The molecule has 43 heavy (non-hydrogen) atoms. The van der Waals surface area contributed by atoms with Crippen LogP contribution in [0.25, 0.3) is 0 Å². The first-order chi connectivity index (χ1) is 19.4. The fraction of sp³-hybridized carbons (Fsp3) is 0.357. The predicted octanol–water partition coefficient (Wildman–Crippen LogP) is 1.75. The molecule has 2 aromatic rings. The van der Waals surface area contributed by atoms with Crippen molar-refractivity contribution in [2.45, 2.75) is 31.0 Å². The van der Waals surface area contributed by atoms with Crippen molar-refractivity contribution in [2.24, 2.45) is 17.6 Å². The maximum absolute atomic E-state index is 13.8. The van der Waals surface area contributed by atoms with Crippen molar-refractivity contribution < 1.29 is 39.6 Å². The maximum atomic E-state index is 13.8. The van der Waals surface area contributed by atoms with E-state index in [4.69, 9.17) is 5.73 Å². The van der Waals surface area contributed by atoms with Crippen LogP contribution in [0.2, 0.25) is 0 Å². The van der Waals surface area contributed by atoms with Crippen LogP contribution < -0.4 is 16.4 Å². The van der Waals surface area contributed by atoms with Gasteiger partial charge in [-0.25, -0.2) is 0 Å². The van der Waals surface area contributed by atoms with Crippen LogP contribution in [0.5, 0.6) is 5.75 Å². The lowest BCUT2D eigenvalue weighted by Gasteiger charge is -2.50. The number of fused-ring (bicyclic) bond motifs is 3. The zero-order valence-corrected chi connectivity index (χ0v) is 25.6. The van der Waals surface area contributed by atoms with E-state index in [0.29, 0.717) is 12.1 Å². The summed E-state index contributed by atoms with van der Waals surface area (Å²) >= 11 is 1.54. The molecule has 3 aliphatic carbocycles. The van der Waals surface area contributed by atoms with Gasteiger partial charge >= 0.3 is 0 Å². The number of carbonyl (C=O) groups excluding carboxylic acids is 4. The van der Waals surface area contributed by atoms with Gasteiger partial charge in [0.1, 0.15) is 17.1 Å². The molecule has 0 saturated heterocycles. The fourth-order valence-electron chi connectivity index (χ4n) is 6.23. The van der Waals surface area contributed by atoms with E-state index < -0.39 is 69.7 Å². The fourth-order valence-corrected chi connectivity index (χ4v) is 6.91.